The molecule has 0 radical (unpaired) electrons. The fourth-order valence-electron chi connectivity index (χ4n) is 3.73. The number of hydrogen-bond acceptors (Lipinski definition) is 3. The van der Waals surface area contributed by atoms with E-state index in [0.717, 1.165) is 37.6 Å². The van der Waals surface area contributed by atoms with E-state index < -0.39 is 0 Å². The maximum absolute atomic E-state index is 5.62. The predicted molar refractivity (Wildman–Crippen MR) is 64.5 cm³/mol. The third kappa shape index (κ3) is 2.27. The minimum absolute atomic E-state index is 0.487. The lowest BCUT2D eigenvalue weighted by atomic mass is 9.94. The maximum Gasteiger partial charge on any atom is 0.0700 e. The molecule has 3 nitrogen and oxygen atoms in total. The van der Waals surface area contributed by atoms with E-state index in [9.17, 15) is 0 Å². The van der Waals surface area contributed by atoms with E-state index in [4.69, 9.17) is 4.74 Å². The summed E-state index contributed by atoms with van der Waals surface area (Å²) in [5, 5.41) is 7.28. The summed E-state index contributed by atoms with van der Waals surface area (Å²) in [6.07, 6.45) is 7.35. The highest BCUT2D eigenvalue weighted by atomic mass is 16.5. The minimum Gasteiger partial charge on any atom is -0.377 e. The fraction of sp³-hybridized carbons (Fsp3) is 1.00. The van der Waals surface area contributed by atoms with E-state index in [1.165, 1.54) is 38.6 Å². The van der Waals surface area contributed by atoms with Crippen molar-refractivity contribution in [2.75, 3.05) is 26.2 Å². The molecule has 0 spiro atoms. The van der Waals surface area contributed by atoms with Crippen molar-refractivity contribution in [1.29, 1.82) is 0 Å². The number of hydrogen-bond donors (Lipinski definition) is 2. The van der Waals surface area contributed by atoms with Crippen LogP contribution >= 0.6 is 0 Å². The fourth-order valence-corrected chi connectivity index (χ4v) is 3.73. The van der Waals surface area contributed by atoms with Crippen molar-refractivity contribution in [1.82, 2.24) is 10.6 Å². The van der Waals surface area contributed by atoms with Crippen molar-refractivity contribution < 1.29 is 4.74 Å². The lowest BCUT2D eigenvalue weighted by molar-refractivity contribution is 0.109. The highest BCUT2D eigenvalue weighted by Crippen LogP contribution is 2.37. The second kappa shape index (κ2) is 5.03. The zero-order valence-electron chi connectivity index (χ0n) is 10.1. The summed E-state index contributed by atoms with van der Waals surface area (Å²) in [6.45, 7) is 4.42. The zero-order chi connectivity index (χ0) is 10.8. The average molecular weight is 224 g/mol. The highest BCUT2D eigenvalue weighted by molar-refractivity contribution is 4.95. The number of ether oxygens (including phenoxy) is 1. The van der Waals surface area contributed by atoms with Crippen LogP contribution in [0.25, 0.3) is 0 Å². The first-order valence-electron chi connectivity index (χ1n) is 6.99. The summed E-state index contributed by atoms with van der Waals surface area (Å²) < 4.78 is 5.62. The molecule has 0 bridgehead atoms. The molecule has 0 aromatic heterocycles. The van der Waals surface area contributed by atoms with Gasteiger partial charge in [0.05, 0.1) is 6.10 Å². The third-order valence-electron chi connectivity index (χ3n) is 4.64. The minimum atomic E-state index is 0.487. The normalized spacial score (nSPS) is 42.8. The van der Waals surface area contributed by atoms with Crippen LogP contribution < -0.4 is 10.6 Å². The molecule has 1 saturated carbocycles. The Balaban J connectivity index is 1.38. The summed E-state index contributed by atoms with van der Waals surface area (Å²) in [6, 6.07) is 0.730. The molecule has 0 aromatic carbocycles. The van der Waals surface area contributed by atoms with Gasteiger partial charge in [-0.05, 0) is 44.1 Å². The molecule has 2 N–H and O–H groups in total. The topological polar surface area (TPSA) is 33.3 Å². The van der Waals surface area contributed by atoms with Crippen LogP contribution in [0.3, 0.4) is 0 Å². The van der Waals surface area contributed by atoms with Gasteiger partial charge in [-0.2, -0.15) is 0 Å². The van der Waals surface area contributed by atoms with Gasteiger partial charge in [0.15, 0.2) is 0 Å². The molecule has 3 heteroatoms. The largest absolute Gasteiger partial charge is 0.377 e. The Morgan fingerprint density at radius 1 is 1.12 bits per heavy atom. The van der Waals surface area contributed by atoms with Crippen LogP contribution in [0.5, 0.6) is 0 Å². The smallest absolute Gasteiger partial charge is 0.0700 e. The summed E-state index contributed by atoms with van der Waals surface area (Å²) in [7, 11) is 0. The molecule has 92 valence electrons. The Kier molecular flexibility index (Phi) is 3.46. The Bertz CT molecular complexity index is 228. The van der Waals surface area contributed by atoms with E-state index >= 15 is 0 Å². The first-order chi connectivity index (χ1) is 7.93. The molecule has 4 atom stereocenters. The Morgan fingerprint density at radius 3 is 3.00 bits per heavy atom. The lowest BCUT2D eigenvalue weighted by Gasteiger charge is -2.20. The molecule has 0 amide bonds. The number of fused-ring (bicyclic) bond motifs is 1. The van der Waals surface area contributed by atoms with Crippen LogP contribution in [0.15, 0.2) is 0 Å². The molecule has 0 aromatic rings. The molecular formula is C13H24N2O. The molecule has 16 heavy (non-hydrogen) atoms. The Labute approximate surface area is 98.3 Å². The number of nitrogens with one attached hydrogen (secondary N) is 2. The van der Waals surface area contributed by atoms with Crippen molar-refractivity contribution >= 4 is 0 Å². The van der Waals surface area contributed by atoms with E-state index in [1.54, 1.807) is 0 Å². The summed E-state index contributed by atoms with van der Waals surface area (Å²) in [5.41, 5.74) is 0. The Morgan fingerprint density at radius 2 is 2.12 bits per heavy atom. The van der Waals surface area contributed by atoms with Crippen molar-refractivity contribution in [2.24, 2.45) is 11.8 Å². The van der Waals surface area contributed by atoms with Gasteiger partial charge in [0.25, 0.3) is 0 Å². The van der Waals surface area contributed by atoms with Crippen LogP contribution in [-0.2, 0) is 4.74 Å². The molecule has 2 saturated heterocycles. The van der Waals surface area contributed by atoms with Gasteiger partial charge in [-0.1, -0.05) is 6.42 Å². The van der Waals surface area contributed by atoms with Crippen LogP contribution in [0.4, 0.5) is 0 Å². The SMILES string of the molecule is C1COC(CNCC2NCC3CCCC32)C1. The predicted octanol–water partition coefficient (Wildman–Crippen LogP) is 1.14. The van der Waals surface area contributed by atoms with Gasteiger partial charge in [-0.3, -0.25) is 0 Å². The summed E-state index contributed by atoms with van der Waals surface area (Å²) in [5.74, 6) is 1.94. The van der Waals surface area contributed by atoms with Crippen molar-refractivity contribution in [3.8, 4) is 0 Å². The van der Waals surface area contributed by atoms with Crippen LogP contribution in [0, 0.1) is 11.8 Å². The van der Waals surface area contributed by atoms with Gasteiger partial charge in [0.1, 0.15) is 0 Å². The van der Waals surface area contributed by atoms with Gasteiger partial charge in [0.2, 0.25) is 0 Å². The quantitative estimate of drug-likeness (QED) is 0.751. The molecule has 3 rings (SSSR count). The maximum atomic E-state index is 5.62. The van der Waals surface area contributed by atoms with Crippen LogP contribution in [0.1, 0.15) is 32.1 Å². The molecule has 2 heterocycles. The van der Waals surface area contributed by atoms with Gasteiger partial charge in [0, 0.05) is 25.7 Å². The second-order valence-electron chi connectivity index (χ2n) is 5.66. The highest BCUT2D eigenvalue weighted by Gasteiger charge is 2.38. The number of rotatable bonds is 4. The van der Waals surface area contributed by atoms with Gasteiger partial charge in [-0.15, -0.1) is 0 Å². The molecular weight excluding hydrogens is 200 g/mol. The van der Waals surface area contributed by atoms with Gasteiger partial charge < -0.3 is 15.4 Å². The van der Waals surface area contributed by atoms with Crippen LogP contribution in [0.2, 0.25) is 0 Å². The van der Waals surface area contributed by atoms with E-state index in [-0.39, 0.29) is 0 Å². The van der Waals surface area contributed by atoms with E-state index in [2.05, 4.69) is 10.6 Å². The van der Waals surface area contributed by atoms with Crippen molar-refractivity contribution in [2.45, 2.75) is 44.2 Å². The molecule has 4 unspecified atom stereocenters. The van der Waals surface area contributed by atoms with Crippen molar-refractivity contribution in [3.63, 3.8) is 0 Å². The first-order valence-corrected chi connectivity index (χ1v) is 6.99. The third-order valence-corrected chi connectivity index (χ3v) is 4.64. The standard InChI is InChI=1S/C13H24N2O/c1-3-10-7-15-13(12(10)5-1)9-14-8-11-4-2-6-16-11/h10-15H,1-9H2. The Hall–Kier alpha value is -0.120. The van der Waals surface area contributed by atoms with E-state index in [0.29, 0.717) is 6.10 Å². The molecule has 3 fully saturated rings. The summed E-state index contributed by atoms with van der Waals surface area (Å²) >= 11 is 0. The zero-order valence-corrected chi connectivity index (χ0v) is 10.1. The molecule has 3 aliphatic rings. The molecule has 2 aliphatic heterocycles. The first kappa shape index (κ1) is 11.0. The monoisotopic (exact) mass is 224 g/mol. The van der Waals surface area contributed by atoms with Gasteiger partial charge in [-0.25, -0.2) is 0 Å². The summed E-state index contributed by atoms with van der Waals surface area (Å²) in [4.78, 5) is 0. The van der Waals surface area contributed by atoms with Crippen molar-refractivity contribution in [3.05, 3.63) is 0 Å². The van der Waals surface area contributed by atoms with E-state index in [1.807, 2.05) is 0 Å². The average Bonchev–Trinajstić information content (AvgIpc) is 2.95. The van der Waals surface area contributed by atoms with Gasteiger partial charge >= 0.3 is 0 Å². The molecule has 1 aliphatic carbocycles. The van der Waals surface area contributed by atoms with Crippen LogP contribution in [-0.4, -0.2) is 38.4 Å². The second-order valence-corrected chi connectivity index (χ2v) is 5.66. The lowest BCUT2D eigenvalue weighted by Crippen LogP contribution is -2.40.